The second-order valence-corrected chi connectivity index (χ2v) is 3.79. The van der Waals surface area contributed by atoms with Crippen LogP contribution in [0.15, 0.2) is 30.2 Å². The third kappa shape index (κ3) is 4.09. The van der Waals surface area contributed by atoms with Crippen molar-refractivity contribution in [2.75, 3.05) is 13.1 Å². The van der Waals surface area contributed by atoms with Crippen molar-refractivity contribution in [3.05, 3.63) is 35.0 Å². The van der Waals surface area contributed by atoms with Crippen LogP contribution in [0.3, 0.4) is 0 Å². The van der Waals surface area contributed by atoms with E-state index in [9.17, 15) is 4.79 Å². The fraction of sp³-hybridized carbons (Fsp3) is 0.300. The van der Waals surface area contributed by atoms with E-state index < -0.39 is 0 Å². The summed E-state index contributed by atoms with van der Waals surface area (Å²) in [6.45, 7) is 4.69. The maximum absolute atomic E-state index is 11.1. The molecule has 1 heterocycles. The number of rotatable bonds is 5. The molecule has 0 aromatic carbocycles. The van der Waals surface area contributed by atoms with Gasteiger partial charge in [0.1, 0.15) is 0 Å². The van der Waals surface area contributed by atoms with Crippen molar-refractivity contribution < 1.29 is 4.79 Å². The molecule has 4 heteroatoms. The Kier molecular flexibility index (Phi) is 4.78. The van der Waals surface area contributed by atoms with Crippen molar-refractivity contribution in [3.63, 3.8) is 0 Å². The Morgan fingerprint density at radius 3 is 3.07 bits per heavy atom. The van der Waals surface area contributed by atoms with Crippen LogP contribution in [-0.4, -0.2) is 19.1 Å². The first-order chi connectivity index (χ1) is 6.83. The molecule has 76 valence electrons. The summed E-state index contributed by atoms with van der Waals surface area (Å²) < 4.78 is 0. The van der Waals surface area contributed by atoms with E-state index in [1.54, 1.807) is 17.4 Å². The summed E-state index contributed by atoms with van der Waals surface area (Å²) >= 11 is 1.70. The molecular formula is C10H14N2OS. The van der Waals surface area contributed by atoms with Gasteiger partial charge in [-0.15, -0.1) is 17.9 Å². The van der Waals surface area contributed by atoms with E-state index in [2.05, 4.69) is 23.3 Å². The first-order valence-electron chi connectivity index (χ1n) is 4.48. The molecule has 1 aromatic heterocycles. The lowest BCUT2D eigenvalue weighted by atomic mass is 10.3. The zero-order valence-corrected chi connectivity index (χ0v) is 8.77. The zero-order valence-electron chi connectivity index (χ0n) is 7.95. The maximum Gasteiger partial charge on any atom is 0.315 e. The number of thiophene rings is 1. The smallest absolute Gasteiger partial charge is 0.315 e. The second kappa shape index (κ2) is 6.21. The van der Waals surface area contributed by atoms with Crippen molar-refractivity contribution in [1.29, 1.82) is 0 Å². The van der Waals surface area contributed by atoms with Crippen LogP contribution >= 0.6 is 11.3 Å². The van der Waals surface area contributed by atoms with Crippen LogP contribution in [0.4, 0.5) is 4.79 Å². The Hall–Kier alpha value is -1.29. The lowest BCUT2D eigenvalue weighted by Gasteiger charge is -2.04. The Bertz CT molecular complexity index is 282. The maximum atomic E-state index is 11.1. The molecule has 0 unspecified atom stereocenters. The van der Waals surface area contributed by atoms with E-state index in [1.807, 2.05) is 11.4 Å². The normalized spacial score (nSPS) is 9.43. The Labute approximate surface area is 87.8 Å². The molecule has 0 spiro atoms. The molecule has 0 bridgehead atoms. The minimum atomic E-state index is -0.138. The number of hydrogen-bond acceptors (Lipinski definition) is 2. The predicted octanol–water partition coefficient (Wildman–Crippen LogP) is 1.78. The molecule has 2 N–H and O–H groups in total. The van der Waals surface area contributed by atoms with E-state index in [4.69, 9.17) is 0 Å². The first kappa shape index (κ1) is 10.8. The summed E-state index contributed by atoms with van der Waals surface area (Å²) in [7, 11) is 0. The summed E-state index contributed by atoms with van der Waals surface area (Å²) in [5.74, 6) is 0. The number of amides is 2. The van der Waals surface area contributed by atoms with E-state index in [1.165, 1.54) is 4.88 Å². The standard InChI is InChI=1S/C10H14N2OS/c1-2-6-11-10(13)12-7-5-9-4-3-8-14-9/h2-4,8H,1,5-7H2,(H2,11,12,13). The molecule has 0 aliphatic carbocycles. The molecule has 0 fully saturated rings. The van der Waals surface area contributed by atoms with Crippen LogP contribution in [0.25, 0.3) is 0 Å². The molecule has 0 saturated heterocycles. The molecular weight excluding hydrogens is 196 g/mol. The largest absolute Gasteiger partial charge is 0.338 e. The number of carbonyl (C=O) groups excluding carboxylic acids is 1. The van der Waals surface area contributed by atoms with Crippen molar-refractivity contribution >= 4 is 17.4 Å². The first-order valence-corrected chi connectivity index (χ1v) is 5.36. The van der Waals surface area contributed by atoms with Gasteiger partial charge in [-0.05, 0) is 17.9 Å². The topological polar surface area (TPSA) is 41.1 Å². The molecule has 14 heavy (non-hydrogen) atoms. The highest BCUT2D eigenvalue weighted by Crippen LogP contribution is 2.07. The quantitative estimate of drug-likeness (QED) is 0.715. The van der Waals surface area contributed by atoms with Gasteiger partial charge in [0.25, 0.3) is 0 Å². The summed E-state index contributed by atoms with van der Waals surface area (Å²) in [5, 5.41) is 7.45. The van der Waals surface area contributed by atoms with Crippen molar-refractivity contribution in [1.82, 2.24) is 10.6 Å². The molecule has 0 aliphatic rings. The van der Waals surface area contributed by atoms with Crippen molar-refractivity contribution in [3.8, 4) is 0 Å². The van der Waals surface area contributed by atoms with Crippen LogP contribution < -0.4 is 10.6 Å². The molecule has 2 amide bonds. The number of hydrogen-bond donors (Lipinski definition) is 2. The fourth-order valence-corrected chi connectivity index (χ4v) is 1.69. The predicted molar refractivity (Wildman–Crippen MR) is 59.6 cm³/mol. The van der Waals surface area contributed by atoms with E-state index in [-0.39, 0.29) is 6.03 Å². The van der Waals surface area contributed by atoms with Crippen molar-refractivity contribution in [2.24, 2.45) is 0 Å². The van der Waals surface area contributed by atoms with Gasteiger partial charge in [-0.25, -0.2) is 4.79 Å². The lowest BCUT2D eigenvalue weighted by molar-refractivity contribution is 0.242. The van der Waals surface area contributed by atoms with Gasteiger partial charge in [0.15, 0.2) is 0 Å². The summed E-state index contributed by atoms with van der Waals surface area (Å²) in [4.78, 5) is 12.3. The van der Waals surface area contributed by atoms with Gasteiger partial charge in [0.2, 0.25) is 0 Å². The summed E-state index contributed by atoms with van der Waals surface area (Å²) in [5.41, 5.74) is 0. The zero-order chi connectivity index (χ0) is 10.2. The molecule has 3 nitrogen and oxygen atoms in total. The minimum Gasteiger partial charge on any atom is -0.338 e. The monoisotopic (exact) mass is 210 g/mol. The van der Waals surface area contributed by atoms with Crippen LogP contribution in [0.2, 0.25) is 0 Å². The van der Waals surface area contributed by atoms with Crippen molar-refractivity contribution in [2.45, 2.75) is 6.42 Å². The molecule has 0 saturated carbocycles. The van der Waals surface area contributed by atoms with Gasteiger partial charge in [0, 0.05) is 18.0 Å². The summed E-state index contributed by atoms with van der Waals surface area (Å²) in [6, 6.07) is 3.94. The molecule has 1 rings (SSSR count). The van der Waals surface area contributed by atoms with Gasteiger partial charge in [-0.3, -0.25) is 0 Å². The third-order valence-electron chi connectivity index (χ3n) is 1.64. The highest BCUT2D eigenvalue weighted by atomic mass is 32.1. The average Bonchev–Trinajstić information content (AvgIpc) is 2.67. The Morgan fingerprint density at radius 1 is 1.57 bits per heavy atom. The molecule has 0 atom stereocenters. The summed E-state index contributed by atoms with van der Waals surface area (Å²) in [6.07, 6.45) is 2.54. The second-order valence-electron chi connectivity index (χ2n) is 2.75. The van der Waals surface area contributed by atoms with E-state index >= 15 is 0 Å². The van der Waals surface area contributed by atoms with Crippen LogP contribution in [0.1, 0.15) is 4.88 Å². The van der Waals surface area contributed by atoms with Gasteiger partial charge in [-0.1, -0.05) is 12.1 Å². The SMILES string of the molecule is C=CCNC(=O)NCCc1cccs1. The minimum absolute atomic E-state index is 0.138. The molecule has 0 aliphatic heterocycles. The molecule has 1 aromatic rings. The highest BCUT2D eigenvalue weighted by Gasteiger charge is 1.97. The van der Waals surface area contributed by atoms with E-state index in [0.717, 1.165) is 6.42 Å². The van der Waals surface area contributed by atoms with Crippen LogP contribution in [-0.2, 0) is 6.42 Å². The fourth-order valence-electron chi connectivity index (χ4n) is 0.981. The van der Waals surface area contributed by atoms with Gasteiger partial charge in [-0.2, -0.15) is 0 Å². The number of carbonyl (C=O) groups is 1. The highest BCUT2D eigenvalue weighted by molar-refractivity contribution is 7.09. The average molecular weight is 210 g/mol. The van der Waals surface area contributed by atoms with E-state index in [0.29, 0.717) is 13.1 Å². The Morgan fingerprint density at radius 2 is 2.43 bits per heavy atom. The third-order valence-corrected chi connectivity index (χ3v) is 2.58. The van der Waals surface area contributed by atoms with Gasteiger partial charge >= 0.3 is 6.03 Å². The number of nitrogens with one attached hydrogen (secondary N) is 2. The Balaban J connectivity index is 2.09. The molecule has 0 radical (unpaired) electrons. The van der Waals surface area contributed by atoms with Gasteiger partial charge in [0.05, 0.1) is 0 Å². The van der Waals surface area contributed by atoms with Crippen LogP contribution in [0.5, 0.6) is 0 Å². The van der Waals surface area contributed by atoms with Gasteiger partial charge < -0.3 is 10.6 Å². The lowest BCUT2D eigenvalue weighted by Crippen LogP contribution is -2.36. The van der Waals surface area contributed by atoms with Crippen LogP contribution in [0, 0.1) is 0 Å². The number of urea groups is 1.